The standard InChI is InChI=1S/C18H19F5N4O.ClH/c1-9(17(28)26-4-2-3-14(26)18(21,22)23)27-13-6-11(19)5-12(20)15(13)16(25-27)10-7-24-8-10;/h5-6,9-10,14,24H,2-4,7-8H2,1H3;1H/t9?,14-;/m0./s1. The first kappa shape index (κ1) is 21.8. The van der Waals surface area contributed by atoms with Crippen molar-refractivity contribution in [3.8, 4) is 0 Å². The molecule has 5 nitrogen and oxygen atoms in total. The van der Waals surface area contributed by atoms with Crippen LogP contribution in [0.2, 0.25) is 0 Å². The number of aromatic nitrogens is 2. The summed E-state index contributed by atoms with van der Waals surface area (Å²) in [5.41, 5.74) is 0.461. The van der Waals surface area contributed by atoms with Gasteiger partial charge in [-0.1, -0.05) is 0 Å². The molecule has 1 aromatic heterocycles. The maximum atomic E-state index is 14.5. The van der Waals surface area contributed by atoms with Crippen LogP contribution in [-0.2, 0) is 4.79 Å². The van der Waals surface area contributed by atoms with Crippen LogP contribution in [-0.4, -0.2) is 52.4 Å². The van der Waals surface area contributed by atoms with Gasteiger partial charge in [0, 0.05) is 37.7 Å². The second-order valence-corrected chi connectivity index (χ2v) is 7.37. The fourth-order valence-electron chi connectivity index (χ4n) is 3.99. The Hall–Kier alpha value is -1.94. The molecule has 4 rings (SSSR count). The van der Waals surface area contributed by atoms with Gasteiger partial charge in [-0.3, -0.25) is 9.48 Å². The molecule has 2 saturated heterocycles. The fourth-order valence-corrected chi connectivity index (χ4v) is 3.99. The van der Waals surface area contributed by atoms with E-state index < -0.39 is 35.8 Å². The minimum Gasteiger partial charge on any atom is -0.329 e. The second kappa shape index (κ2) is 7.71. The molecule has 0 bridgehead atoms. The van der Waals surface area contributed by atoms with Gasteiger partial charge in [-0.05, 0) is 19.8 Å². The number of amides is 1. The van der Waals surface area contributed by atoms with Gasteiger partial charge in [0.25, 0.3) is 0 Å². The first-order chi connectivity index (χ1) is 13.2. The van der Waals surface area contributed by atoms with Crippen LogP contribution in [0.1, 0.15) is 37.4 Å². The van der Waals surface area contributed by atoms with Crippen molar-refractivity contribution in [3.63, 3.8) is 0 Å². The molecule has 1 aromatic carbocycles. The Morgan fingerprint density at radius 3 is 2.55 bits per heavy atom. The summed E-state index contributed by atoms with van der Waals surface area (Å²) >= 11 is 0. The van der Waals surface area contributed by atoms with Gasteiger partial charge in [0.2, 0.25) is 5.91 Å². The average molecular weight is 439 g/mol. The molecule has 1 unspecified atom stereocenters. The highest BCUT2D eigenvalue weighted by Crippen LogP contribution is 2.36. The third-order valence-corrected chi connectivity index (χ3v) is 5.56. The van der Waals surface area contributed by atoms with Crippen LogP contribution in [0.3, 0.4) is 0 Å². The van der Waals surface area contributed by atoms with Gasteiger partial charge in [-0.25, -0.2) is 8.78 Å². The highest BCUT2D eigenvalue weighted by atomic mass is 35.5. The molecular formula is C18H20ClF5N4O. The number of hydrogen-bond donors (Lipinski definition) is 1. The van der Waals surface area contributed by atoms with E-state index in [9.17, 15) is 26.7 Å². The minimum atomic E-state index is -4.51. The number of fused-ring (bicyclic) bond motifs is 1. The molecule has 3 heterocycles. The summed E-state index contributed by atoms with van der Waals surface area (Å²) in [5.74, 6) is -2.48. The number of nitrogens with zero attached hydrogens (tertiary/aromatic N) is 3. The van der Waals surface area contributed by atoms with E-state index in [1.54, 1.807) is 0 Å². The quantitative estimate of drug-likeness (QED) is 0.746. The molecule has 11 heteroatoms. The molecule has 1 N–H and O–H groups in total. The molecule has 0 aliphatic carbocycles. The van der Waals surface area contributed by atoms with E-state index in [2.05, 4.69) is 10.4 Å². The minimum absolute atomic E-state index is 0. The van der Waals surface area contributed by atoms with Crippen molar-refractivity contribution in [2.24, 2.45) is 0 Å². The zero-order chi connectivity index (χ0) is 20.2. The maximum absolute atomic E-state index is 14.5. The van der Waals surface area contributed by atoms with E-state index >= 15 is 0 Å². The lowest BCUT2D eigenvalue weighted by molar-refractivity contribution is -0.184. The predicted octanol–water partition coefficient (Wildman–Crippen LogP) is 3.54. The number of likely N-dealkylation sites (tertiary alicyclic amines) is 1. The summed E-state index contributed by atoms with van der Waals surface area (Å²) in [6.45, 7) is 2.53. The van der Waals surface area contributed by atoms with E-state index in [0.717, 1.165) is 21.7 Å². The van der Waals surface area contributed by atoms with E-state index in [-0.39, 0.29) is 48.6 Å². The molecule has 2 aliphatic rings. The number of carbonyl (C=O) groups excluding carboxylic acids is 1. The molecule has 29 heavy (non-hydrogen) atoms. The van der Waals surface area contributed by atoms with Crippen molar-refractivity contribution in [3.05, 3.63) is 29.5 Å². The summed E-state index contributed by atoms with van der Waals surface area (Å²) in [4.78, 5) is 13.6. The van der Waals surface area contributed by atoms with Crippen LogP contribution < -0.4 is 5.32 Å². The lowest BCUT2D eigenvalue weighted by Gasteiger charge is -2.29. The number of carbonyl (C=O) groups is 1. The molecule has 1 amide bonds. The predicted molar refractivity (Wildman–Crippen MR) is 98.0 cm³/mol. The van der Waals surface area contributed by atoms with Crippen molar-refractivity contribution < 1.29 is 26.7 Å². The summed E-state index contributed by atoms with van der Waals surface area (Å²) < 4.78 is 69.2. The summed E-state index contributed by atoms with van der Waals surface area (Å²) in [5, 5.41) is 7.48. The third kappa shape index (κ3) is 3.68. The Kier molecular flexibility index (Phi) is 5.79. The molecule has 2 atom stereocenters. The smallest absolute Gasteiger partial charge is 0.329 e. The molecule has 2 aliphatic heterocycles. The Morgan fingerprint density at radius 2 is 1.97 bits per heavy atom. The first-order valence-corrected chi connectivity index (χ1v) is 9.13. The van der Waals surface area contributed by atoms with Crippen LogP contribution in [0.15, 0.2) is 12.1 Å². The largest absolute Gasteiger partial charge is 0.408 e. The number of alkyl halides is 3. The number of hydrogen-bond acceptors (Lipinski definition) is 3. The lowest BCUT2D eigenvalue weighted by atomic mass is 9.96. The van der Waals surface area contributed by atoms with Gasteiger partial charge in [0.15, 0.2) is 0 Å². The third-order valence-electron chi connectivity index (χ3n) is 5.56. The van der Waals surface area contributed by atoms with Crippen molar-refractivity contribution >= 4 is 29.2 Å². The zero-order valence-corrected chi connectivity index (χ0v) is 16.3. The van der Waals surface area contributed by atoms with Gasteiger partial charge in [0.1, 0.15) is 23.7 Å². The Balaban J connectivity index is 0.00000240. The number of halogens is 6. The van der Waals surface area contributed by atoms with Gasteiger partial charge < -0.3 is 10.2 Å². The van der Waals surface area contributed by atoms with Crippen LogP contribution in [0, 0.1) is 11.6 Å². The average Bonchev–Trinajstić information content (AvgIpc) is 3.17. The highest BCUT2D eigenvalue weighted by molar-refractivity contribution is 5.87. The molecule has 2 aromatic rings. The molecule has 160 valence electrons. The van der Waals surface area contributed by atoms with Crippen LogP contribution in [0.5, 0.6) is 0 Å². The SMILES string of the molecule is CC(C(=O)N1CCC[C@H]1C(F)(F)F)n1nc(C2CNC2)c2c(F)cc(F)cc21.Cl. The monoisotopic (exact) mass is 438 g/mol. The van der Waals surface area contributed by atoms with Crippen LogP contribution >= 0.6 is 12.4 Å². The Labute approximate surface area is 169 Å². The second-order valence-electron chi connectivity index (χ2n) is 7.37. The highest BCUT2D eigenvalue weighted by Gasteiger charge is 2.48. The molecular weight excluding hydrogens is 419 g/mol. The van der Waals surface area contributed by atoms with E-state index in [0.29, 0.717) is 18.8 Å². The summed E-state index contributed by atoms with van der Waals surface area (Å²) in [6, 6.07) is -1.14. The van der Waals surface area contributed by atoms with Gasteiger partial charge >= 0.3 is 6.18 Å². The van der Waals surface area contributed by atoms with Crippen molar-refractivity contribution in [2.75, 3.05) is 19.6 Å². The van der Waals surface area contributed by atoms with Gasteiger partial charge in [-0.15, -0.1) is 12.4 Å². The van der Waals surface area contributed by atoms with Crippen molar-refractivity contribution in [1.82, 2.24) is 20.0 Å². The molecule has 0 radical (unpaired) electrons. The molecule has 2 fully saturated rings. The lowest BCUT2D eigenvalue weighted by Crippen LogP contribution is -2.47. The number of rotatable bonds is 3. The molecule has 0 saturated carbocycles. The van der Waals surface area contributed by atoms with Gasteiger partial charge in [-0.2, -0.15) is 18.3 Å². The normalized spacial score (nSPS) is 21.2. The summed E-state index contributed by atoms with van der Waals surface area (Å²) in [6.07, 6.45) is -4.41. The Bertz CT molecular complexity index is 927. The molecule has 0 spiro atoms. The van der Waals surface area contributed by atoms with Crippen LogP contribution in [0.25, 0.3) is 10.9 Å². The van der Waals surface area contributed by atoms with Crippen molar-refractivity contribution in [2.45, 2.75) is 43.9 Å². The number of benzene rings is 1. The summed E-state index contributed by atoms with van der Waals surface area (Å²) in [7, 11) is 0. The van der Waals surface area contributed by atoms with Gasteiger partial charge in [0.05, 0.1) is 16.6 Å². The fraction of sp³-hybridized carbons (Fsp3) is 0.556. The van der Waals surface area contributed by atoms with E-state index in [1.165, 1.54) is 6.92 Å². The first-order valence-electron chi connectivity index (χ1n) is 9.13. The topological polar surface area (TPSA) is 50.2 Å². The van der Waals surface area contributed by atoms with Crippen molar-refractivity contribution in [1.29, 1.82) is 0 Å². The van der Waals surface area contributed by atoms with E-state index in [1.807, 2.05) is 0 Å². The number of nitrogens with one attached hydrogen (secondary N) is 1. The Morgan fingerprint density at radius 1 is 1.28 bits per heavy atom. The van der Waals surface area contributed by atoms with E-state index in [4.69, 9.17) is 0 Å². The zero-order valence-electron chi connectivity index (χ0n) is 15.5. The van der Waals surface area contributed by atoms with Crippen LogP contribution in [0.4, 0.5) is 22.0 Å². The maximum Gasteiger partial charge on any atom is 0.408 e.